The van der Waals surface area contributed by atoms with E-state index < -0.39 is 15.6 Å². The van der Waals surface area contributed by atoms with E-state index in [1.54, 1.807) is 54.6 Å². The molecule has 1 heterocycles. The molecule has 2 aromatic carbocycles. The number of nitrogens with zero attached hydrogens (tertiary/aromatic N) is 2. The van der Waals surface area contributed by atoms with E-state index in [9.17, 15) is 13.8 Å². The van der Waals surface area contributed by atoms with E-state index in [4.69, 9.17) is 0 Å². The van der Waals surface area contributed by atoms with Crippen molar-refractivity contribution < 1.29 is 18.6 Å². The number of benzene rings is 2. The maximum atomic E-state index is 12.8. The Hall–Kier alpha value is -3.80. The van der Waals surface area contributed by atoms with Gasteiger partial charge in [0, 0.05) is 40.2 Å². The largest absolute Gasteiger partial charge is 0.286 e. The summed E-state index contributed by atoms with van der Waals surface area (Å²) in [5.74, 6) is 4.82. The van der Waals surface area contributed by atoms with E-state index in [0.717, 1.165) is 0 Å². The summed E-state index contributed by atoms with van der Waals surface area (Å²) in [4.78, 5) is 33.5. The van der Waals surface area contributed by atoms with Gasteiger partial charge in [0.05, 0.1) is 22.4 Å². The van der Waals surface area contributed by atoms with Crippen LogP contribution in [0.1, 0.15) is 31.8 Å². The summed E-state index contributed by atoms with van der Waals surface area (Å²) >= 11 is 0. The lowest BCUT2D eigenvalue weighted by Crippen LogP contribution is -2.21. The standard InChI is InChI=1S/C23H19N3O4S/c1-30-25-22(27)19-8-6-7-17(13-19)11-12-18-14-20(16-24-15-18)23(28)26-31(2,29)21-9-4-3-5-10-21/h3-10,13-16H,1-2H3,(H,25,27). The van der Waals surface area contributed by atoms with Crippen LogP contribution >= 0.6 is 0 Å². The molecule has 3 aromatic rings. The molecule has 0 saturated heterocycles. The van der Waals surface area contributed by atoms with E-state index in [2.05, 4.69) is 31.5 Å². The van der Waals surface area contributed by atoms with Crippen molar-refractivity contribution in [1.29, 1.82) is 0 Å². The molecule has 0 aliphatic heterocycles. The minimum absolute atomic E-state index is 0.186. The van der Waals surface area contributed by atoms with Gasteiger partial charge in [0.25, 0.3) is 11.8 Å². The predicted molar refractivity (Wildman–Crippen MR) is 117 cm³/mol. The average molecular weight is 433 g/mol. The summed E-state index contributed by atoms with van der Waals surface area (Å²) < 4.78 is 16.7. The monoisotopic (exact) mass is 433 g/mol. The Labute approximate surface area is 180 Å². The number of aromatic nitrogens is 1. The third kappa shape index (κ3) is 5.85. The van der Waals surface area contributed by atoms with Crippen LogP contribution in [0.25, 0.3) is 0 Å². The van der Waals surface area contributed by atoms with Crippen molar-refractivity contribution >= 4 is 21.5 Å². The Morgan fingerprint density at radius 3 is 2.42 bits per heavy atom. The number of hydrogen-bond acceptors (Lipinski definition) is 5. The molecule has 3 rings (SSSR count). The highest BCUT2D eigenvalue weighted by Crippen LogP contribution is 2.13. The number of amides is 2. The molecule has 1 N–H and O–H groups in total. The van der Waals surface area contributed by atoms with Crippen LogP contribution in [0, 0.1) is 11.8 Å². The van der Waals surface area contributed by atoms with Crippen molar-refractivity contribution in [1.82, 2.24) is 10.5 Å². The van der Waals surface area contributed by atoms with Crippen molar-refractivity contribution in [2.45, 2.75) is 4.90 Å². The molecular formula is C23H19N3O4S. The van der Waals surface area contributed by atoms with Crippen LogP contribution in [0.3, 0.4) is 0 Å². The molecule has 0 aliphatic rings. The SMILES string of the molecule is CONC(=O)c1cccc(C#Cc2cncc(C(=O)N=S(C)(=O)c3ccccc3)c2)c1. The zero-order chi connectivity index (χ0) is 22.3. The smallest absolute Gasteiger partial charge is 0.277 e. The second-order valence-corrected chi connectivity index (χ2v) is 8.70. The third-order valence-electron chi connectivity index (χ3n) is 4.09. The minimum Gasteiger partial charge on any atom is -0.277 e. The van der Waals surface area contributed by atoms with Gasteiger partial charge in [0.2, 0.25) is 0 Å². The molecule has 0 fully saturated rings. The molecule has 7 nitrogen and oxygen atoms in total. The Morgan fingerprint density at radius 1 is 0.968 bits per heavy atom. The first-order chi connectivity index (χ1) is 14.9. The molecule has 31 heavy (non-hydrogen) atoms. The van der Waals surface area contributed by atoms with Gasteiger partial charge < -0.3 is 0 Å². The molecule has 0 aliphatic carbocycles. The van der Waals surface area contributed by atoms with E-state index in [0.29, 0.717) is 21.6 Å². The van der Waals surface area contributed by atoms with Crippen molar-refractivity contribution in [2.24, 2.45) is 4.36 Å². The van der Waals surface area contributed by atoms with Crippen molar-refractivity contribution in [3.8, 4) is 11.8 Å². The molecule has 1 aromatic heterocycles. The van der Waals surface area contributed by atoms with Gasteiger partial charge in [-0.25, -0.2) is 9.69 Å². The highest BCUT2D eigenvalue weighted by Gasteiger charge is 2.12. The topological polar surface area (TPSA) is 97.7 Å². The van der Waals surface area contributed by atoms with Crippen molar-refractivity contribution in [2.75, 3.05) is 13.4 Å². The Balaban J connectivity index is 1.85. The summed E-state index contributed by atoms with van der Waals surface area (Å²) in [6, 6.07) is 16.9. The Bertz CT molecular complexity index is 1300. The summed E-state index contributed by atoms with van der Waals surface area (Å²) in [7, 11) is -1.53. The van der Waals surface area contributed by atoms with E-state index >= 15 is 0 Å². The van der Waals surface area contributed by atoms with Crippen molar-refractivity contribution in [3.63, 3.8) is 0 Å². The molecule has 8 heteroatoms. The fourth-order valence-corrected chi connectivity index (χ4v) is 3.79. The van der Waals surface area contributed by atoms with Gasteiger partial charge >= 0.3 is 0 Å². The maximum absolute atomic E-state index is 12.8. The number of carbonyl (C=O) groups is 2. The van der Waals surface area contributed by atoms with Gasteiger partial charge in [-0.2, -0.15) is 4.36 Å². The zero-order valence-corrected chi connectivity index (χ0v) is 17.7. The number of nitrogens with one attached hydrogen (secondary N) is 1. The van der Waals surface area contributed by atoms with Gasteiger partial charge in [-0.05, 0) is 36.4 Å². The van der Waals surface area contributed by atoms with Crippen LogP contribution in [-0.2, 0) is 14.6 Å². The van der Waals surface area contributed by atoms with Gasteiger partial charge in [-0.15, -0.1) is 0 Å². The first kappa shape index (κ1) is 21.9. The van der Waals surface area contributed by atoms with Crippen LogP contribution in [0.15, 0.2) is 82.3 Å². The fraction of sp³-hybridized carbons (Fsp3) is 0.0870. The Morgan fingerprint density at radius 2 is 1.68 bits per heavy atom. The lowest BCUT2D eigenvalue weighted by atomic mass is 10.1. The first-order valence-electron chi connectivity index (χ1n) is 9.11. The minimum atomic E-state index is -2.88. The summed E-state index contributed by atoms with van der Waals surface area (Å²) in [6.45, 7) is 0. The molecule has 1 atom stereocenters. The molecule has 0 radical (unpaired) electrons. The highest BCUT2D eigenvalue weighted by molar-refractivity contribution is 7.93. The zero-order valence-electron chi connectivity index (χ0n) is 16.9. The highest BCUT2D eigenvalue weighted by atomic mass is 32.2. The van der Waals surface area contributed by atoms with Crippen LogP contribution in [0.5, 0.6) is 0 Å². The van der Waals surface area contributed by atoms with Crippen LogP contribution in [0.4, 0.5) is 0 Å². The third-order valence-corrected chi connectivity index (χ3v) is 5.75. The molecule has 0 saturated carbocycles. The number of hydrogen-bond donors (Lipinski definition) is 1. The predicted octanol–water partition coefficient (Wildman–Crippen LogP) is 3.07. The lowest BCUT2D eigenvalue weighted by molar-refractivity contribution is 0.0537. The maximum Gasteiger partial charge on any atom is 0.286 e. The normalized spacial score (nSPS) is 12.1. The van der Waals surface area contributed by atoms with E-state index in [1.807, 2.05) is 0 Å². The van der Waals surface area contributed by atoms with Crippen LogP contribution in [0.2, 0.25) is 0 Å². The number of pyridine rings is 1. The first-order valence-corrected chi connectivity index (χ1v) is 11.0. The van der Waals surface area contributed by atoms with Gasteiger partial charge in [-0.1, -0.05) is 36.1 Å². The quantitative estimate of drug-likeness (QED) is 0.504. The second kappa shape index (κ2) is 9.80. The molecule has 2 amide bonds. The molecule has 156 valence electrons. The average Bonchev–Trinajstić information content (AvgIpc) is 2.78. The lowest BCUT2D eigenvalue weighted by Gasteiger charge is -2.03. The number of rotatable bonds is 4. The van der Waals surface area contributed by atoms with E-state index in [1.165, 1.54) is 31.8 Å². The fourth-order valence-electron chi connectivity index (χ4n) is 2.60. The van der Waals surface area contributed by atoms with Crippen LogP contribution in [-0.4, -0.2) is 34.4 Å². The molecule has 0 spiro atoms. The van der Waals surface area contributed by atoms with Gasteiger partial charge in [0.1, 0.15) is 0 Å². The second-order valence-electron chi connectivity index (χ2n) is 6.44. The summed E-state index contributed by atoms with van der Waals surface area (Å²) in [5, 5.41) is 0. The molecule has 0 bridgehead atoms. The molecule has 1 unspecified atom stereocenters. The van der Waals surface area contributed by atoms with Gasteiger partial charge in [0.15, 0.2) is 0 Å². The number of hydroxylamine groups is 1. The summed E-state index contributed by atoms with van der Waals surface area (Å²) in [6.07, 6.45) is 4.28. The summed E-state index contributed by atoms with van der Waals surface area (Å²) in [5.41, 5.74) is 3.91. The number of carbonyl (C=O) groups excluding carboxylic acids is 2. The van der Waals surface area contributed by atoms with Gasteiger partial charge in [-0.3, -0.25) is 19.4 Å². The molecular weight excluding hydrogens is 414 g/mol. The Kier molecular flexibility index (Phi) is 6.92. The van der Waals surface area contributed by atoms with E-state index in [-0.39, 0.29) is 11.5 Å². The van der Waals surface area contributed by atoms with Crippen LogP contribution < -0.4 is 5.48 Å². The van der Waals surface area contributed by atoms with Crippen molar-refractivity contribution in [3.05, 3.63) is 95.3 Å².